The highest BCUT2D eigenvalue weighted by Crippen LogP contribution is 2.22. The molecule has 0 radical (unpaired) electrons. The molecule has 2 nitrogen and oxygen atoms in total. The summed E-state index contributed by atoms with van der Waals surface area (Å²) in [5.74, 6) is 0.517. The van der Waals surface area contributed by atoms with Crippen molar-refractivity contribution < 1.29 is 0 Å². The molecule has 1 N–H and O–H groups in total. The van der Waals surface area contributed by atoms with Crippen LogP contribution < -0.4 is 0 Å². The van der Waals surface area contributed by atoms with Crippen LogP contribution >= 0.6 is 11.6 Å². The number of nitrogens with one attached hydrogen (secondary N) is 1. The van der Waals surface area contributed by atoms with E-state index in [4.69, 9.17) is 17.0 Å². The molecule has 0 aliphatic heterocycles. The van der Waals surface area contributed by atoms with E-state index < -0.39 is 0 Å². The first kappa shape index (κ1) is 13.6. The Hall–Kier alpha value is -1.80. The molecular weight excluding hydrogens is 256 g/mol. The van der Waals surface area contributed by atoms with Gasteiger partial charge in [0.15, 0.2) is 0 Å². The fourth-order valence-electron chi connectivity index (χ4n) is 1.96. The number of amidine groups is 1. The quantitative estimate of drug-likeness (QED) is 0.652. The lowest BCUT2D eigenvalue weighted by molar-refractivity contribution is 0.401. The molecule has 1 atom stereocenters. The maximum absolute atomic E-state index is 8.26. The van der Waals surface area contributed by atoms with Crippen LogP contribution in [0.1, 0.15) is 24.1 Å². The lowest BCUT2D eigenvalue weighted by Crippen LogP contribution is -2.29. The van der Waals surface area contributed by atoms with Crippen LogP contribution in [0.15, 0.2) is 54.6 Å². The first-order valence-electron chi connectivity index (χ1n) is 6.22. The summed E-state index contributed by atoms with van der Waals surface area (Å²) in [6.45, 7) is 2.08. The van der Waals surface area contributed by atoms with Crippen molar-refractivity contribution in [2.75, 3.05) is 7.05 Å². The van der Waals surface area contributed by atoms with E-state index >= 15 is 0 Å². The number of halogens is 1. The van der Waals surface area contributed by atoms with Gasteiger partial charge >= 0.3 is 0 Å². The third kappa shape index (κ3) is 3.15. The highest BCUT2D eigenvalue weighted by Gasteiger charge is 2.15. The Bertz CT molecular complexity index is 549. The molecule has 0 saturated carbocycles. The van der Waals surface area contributed by atoms with Crippen molar-refractivity contribution in [1.82, 2.24) is 4.90 Å². The van der Waals surface area contributed by atoms with Gasteiger partial charge in [-0.15, -0.1) is 0 Å². The molecule has 0 spiro atoms. The van der Waals surface area contributed by atoms with Crippen LogP contribution in [-0.4, -0.2) is 17.8 Å². The maximum Gasteiger partial charge on any atom is 0.128 e. The zero-order valence-corrected chi connectivity index (χ0v) is 11.9. The summed E-state index contributed by atoms with van der Waals surface area (Å²) in [7, 11) is 1.94. The molecule has 2 aromatic carbocycles. The average Bonchev–Trinajstić information content (AvgIpc) is 2.46. The topological polar surface area (TPSA) is 27.1 Å². The molecule has 3 heteroatoms. The van der Waals surface area contributed by atoms with Crippen LogP contribution in [-0.2, 0) is 0 Å². The minimum absolute atomic E-state index is 0.130. The molecule has 98 valence electrons. The van der Waals surface area contributed by atoms with Gasteiger partial charge in [-0.1, -0.05) is 54.1 Å². The fourth-order valence-corrected chi connectivity index (χ4v) is 2.08. The van der Waals surface area contributed by atoms with E-state index in [0.29, 0.717) is 5.84 Å². The number of rotatable bonds is 3. The second kappa shape index (κ2) is 5.89. The van der Waals surface area contributed by atoms with Crippen molar-refractivity contribution in [3.05, 3.63) is 70.7 Å². The average molecular weight is 273 g/mol. The van der Waals surface area contributed by atoms with Crippen molar-refractivity contribution in [2.24, 2.45) is 0 Å². The summed E-state index contributed by atoms with van der Waals surface area (Å²) in [5.41, 5.74) is 2.07. The van der Waals surface area contributed by atoms with Crippen LogP contribution in [0.4, 0.5) is 0 Å². The second-order valence-corrected chi connectivity index (χ2v) is 4.99. The summed E-state index contributed by atoms with van der Waals surface area (Å²) in [6.07, 6.45) is 0. The number of hydrogen-bond donors (Lipinski definition) is 1. The lowest BCUT2D eigenvalue weighted by Gasteiger charge is -2.27. The van der Waals surface area contributed by atoms with Crippen LogP contribution in [0.25, 0.3) is 0 Å². The lowest BCUT2D eigenvalue weighted by atomic mass is 10.1. The van der Waals surface area contributed by atoms with Crippen molar-refractivity contribution >= 4 is 17.4 Å². The SMILES string of the molecule is CC(c1ccc(Cl)cc1)N(C)C(=N)c1ccccc1. The van der Waals surface area contributed by atoms with Gasteiger partial charge in [0, 0.05) is 17.6 Å². The zero-order valence-electron chi connectivity index (χ0n) is 11.1. The standard InChI is InChI=1S/C16H17ClN2/c1-12(13-8-10-15(17)11-9-13)19(2)16(18)14-6-4-3-5-7-14/h3-12,18H,1-2H3. The van der Waals surface area contributed by atoms with Crippen LogP contribution in [0.3, 0.4) is 0 Å². The van der Waals surface area contributed by atoms with Gasteiger partial charge < -0.3 is 4.90 Å². The Morgan fingerprint density at radius 2 is 1.63 bits per heavy atom. The van der Waals surface area contributed by atoms with E-state index in [1.807, 2.05) is 66.5 Å². The molecule has 2 aromatic rings. The Morgan fingerprint density at radius 3 is 2.21 bits per heavy atom. The van der Waals surface area contributed by atoms with Gasteiger partial charge in [0.25, 0.3) is 0 Å². The van der Waals surface area contributed by atoms with Gasteiger partial charge in [-0.3, -0.25) is 5.41 Å². The predicted octanol–water partition coefficient (Wildman–Crippen LogP) is 4.36. The van der Waals surface area contributed by atoms with Gasteiger partial charge in [0.2, 0.25) is 0 Å². The number of nitrogens with zero attached hydrogens (tertiary/aromatic N) is 1. The van der Waals surface area contributed by atoms with Crippen molar-refractivity contribution in [3.63, 3.8) is 0 Å². The third-order valence-electron chi connectivity index (χ3n) is 3.33. The monoisotopic (exact) mass is 272 g/mol. The van der Waals surface area contributed by atoms with E-state index in [0.717, 1.165) is 16.1 Å². The molecule has 0 saturated heterocycles. The van der Waals surface area contributed by atoms with Crippen LogP contribution in [0.5, 0.6) is 0 Å². The third-order valence-corrected chi connectivity index (χ3v) is 3.59. The normalized spacial score (nSPS) is 11.9. The smallest absolute Gasteiger partial charge is 0.128 e. The van der Waals surface area contributed by atoms with Gasteiger partial charge in [0.05, 0.1) is 6.04 Å². The van der Waals surface area contributed by atoms with Gasteiger partial charge in [-0.25, -0.2) is 0 Å². The largest absolute Gasteiger partial charge is 0.353 e. The molecule has 0 aliphatic carbocycles. The first-order valence-corrected chi connectivity index (χ1v) is 6.59. The predicted molar refractivity (Wildman–Crippen MR) is 80.9 cm³/mol. The number of hydrogen-bond acceptors (Lipinski definition) is 1. The molecule has 19 heavy (non-hydrogen) atoms. The highest BCUT2D eigenvalue weighted by atomic mass is 35.5. The fraction of sp³-hybridized carbons (Fsp3) is 0.188. The van der Waals surface area contributed by atoms with Crippen molar-refractivity contribution in [2.45, 2.75) is 13.0 Å². The Kier molecular flexibility index (Phi) is 4.23. The molecule has 0 amide bonds. The van der Waals surface area contributed by atoms with E-state index in [2.05, 4.69) is 6.92 Å². The summed E-state index contributed by atoms with van der Waals surface area (Å²) in [6, 6.07) is 17.7. The van der Waals surface area contributed by atoms with Crippen LogP contribution in [0.2, 0.25) is 5.02 Å². The molecule has 0 fully saturated rings. The summed E-state index contributed by atoms with van der Waals surface area (Å²) >= 11 is 5.90. The van der Waals surface area contributed by atoms with E-state index in [1.54, 1.807) is 0 Å². The molecule has 1 unspecified atom stereocenters. The zero-order chi connectivity index (χ0) is 13.8. The van der Waals surface area contributed by atoms with Gasteiger partial charge in [-0.2, -0.15) is 0 Å². The molecule has 0 bridgehead atoms. The summed E-state index contributed by atoms with van der Waals surface area (Å²) in [5, 5.41) is 8.99. The summed E-state index contributed by atoms with van der Waals surface area (Å²) < 4.78 is 0. The second-order valence-electron chi connectivity index (χ2n) is 4.55. The number of benzene rings is 2. The Labute approximate surface area is 119 Å². The van der Waals surface area contributed by atoms with Crippen molar-refractivity contribution in [3.8, 4) is 0 Å². The molecular formula is C16H17ClN2. The highest BCUT2D eigenvalue weighted by molar-refractivity contribution is 6.30. The molecule has 0 aromatic heterocycles. The minimum Gasteiger partial charge on any atom is -0.353 e. The maximum atomic E-state index is 8.26. The Morgan fingerprint density at radius 1 is 1.05 bits per heavy atom. The van der Waals surface area contributed by atoms with Gasteiger partial charge in [0.1, 0.15) is 5.84 Å². The minimum atomic E-state index is 0.130. The van der Waals surface area contributed by atoms with E-state index in [9.17, 15) is 0 Å². The molecule has 0 aliphatic rings. The van der Waals surface area contributed by atoms with E-state index in [1.165, 1.54) is 0 Å². The van der Waals surface area contributed by atoms with E-state index in [-0.39, 0.29) is 6.04 Å². The first-order chi connectivity index (χ1) is 9.09. The summed E-state index contributed by atoms with van der Waals surface area (Å²) in [4.78, 5) is 1.96. The molecule has 2 rings (SSSR count). The Balaban J connectivity index is 2.17. The van der Waals surface area contributed by atoms with Gasteiger partial charge in [-0.05, 0) is 24.6 Å². The van der Waals surface area contributed by atoms with Crippen molar-refractivity contribution in [1.29, 1.82) is 5.41 Å². The van der Waals surface area contributed by atoms with Crippen LogP contribution in [0, 0.1) is 5.41 Å². The molecule has 0 heterocycles.